The zero-order valence-corrected chi connectivity index (χ0v) is 14.8. The maximum atomic E-state index is 12.5. The number of carbonyl (C=O) groups is 1. The van der Waals surface area contributed by atoms with Gasteiger partial charge in [0.2, 0.25) is 5.91 Å². The smallest absolute Gasteiger partial charge is 0.235 e. The third kappa shape index (κ3) is 3.47. The van der Waals surface area contributed by atoms with Gasteiger partial charge in [0.1, 0.15) is 5.54 Å². The highest BCUT2D eigenvalue weighted by atomic mass is 16.2. The van der Waals surface area contributed by atoms with Crippen LogP contribution in [0.3, 0.4) is 0 Å². The molecule has 1 unspecified atom stereocenters. The van der Waals surface area contributed by atoms with Gasteiger partial charge >= 0.3 is 0 Å². The highest BCUT2D eigenvalue weighted by molar-refractivity contribution is 5.79. The molecule has 1 atom stereocenters. The number of carbonyl (C=O) groups excluding carboxylic acids is 1. The summed E-state index contributed by atoms with van der Waals surface area (Å²) in [7, 11) is 0. The fourth-order valence-electron chi connectivity index (χ4n) is 4.10. The van der Waals surface area contributed by atoms with E-state index in [2.05, 4.69) is 48.3 Å². The van der Waals surface area contributed by atoms with Crippen molar-refractivity contribution in [3.05, 3.63) is 34.9 Å². The molecule has 1 aliphatic carbocycles. The van der Waals surface area contributed by atoms with Gasteiger partial charge in [-0.05, 0) is 75.6 Å². The second-order valence-corrected chi connectivity index (χ2v) is 7.42. The number of rotatable bonds is 4. The minimum absolute atomic E-state index is 0.00539. The molecular weight excluding hydrogens is 298 g/mol. The summed E-state index contributed by atoms with van der Waals surface area (Å²) < 4.78 is 0. The molecule has 4 nitrogen and oxygen atoms in total. The Morgan fingerprint density at radius 3 is 2.71 bits per heavy atom. The highest BCUT2D eigenvalue weighted by Gasteiger charge is 2.36. The van der Waals surface area contributed by atoms with Crippen LogP contribution in [0.15, 0.2) is 18.2 Å². The lowest BCUT2D eigenvalue weighted by Crippen LogP contribution is -2.48. The topological polar surface area (TPSA) is 56.1 Å². The first-order chi connectivity index (χ1) is 11.5. The standard InChI is InChI=1S/C20H27N3O/c1-15-7-8-17(12-16(15)2)18-6-5-11-23(18)13-19(24)22-20(14-21)9-3-4-10-20/h7-8,12,18H,3-6,9-11,13H2,1-2H3,(H,22,24). The Morgan fingerprint density at radius 1 is 1.29 bits per heavy atom. The molecule has 0 bridgehead atoms. The first kappa shape index (κ1) is 17.0. The minimum Gasteiger partial charge on any atom is -0.337 e. The highest BCUT2D eigenvalue weighted by Crippen LogP contribution is 2.33. The van der Waals surface area contributed by atoms with Crippen LogP contribution in [-0.4, -0.2) is 29.4 Å². The Hall–Kier alpha value is -1.86. The molecule has 0 spiro atoms. The van der Waals surface area contributed by atoms with Crippen LogP contribution in [0, 0.1) is 25.2 Å². The van der Waals surface area contributed by atoms with Crippen molar-refractivity contribution in [1.29, 1.82) is 5.26 Å². The van der Waals surface area contributed by atoms with Gasteiger partial charge in [0.15, 0.2) is 0 Å². The van der Waals surface area contributed by atoms with Crippen molar-refractivity contribution in [3.63, 3.8) is 0 Å². The third-order valence-corrected chi connectivity index (χ3v) is 5.68. The minimum atomic E-state index is -0.618. The summed E-state index contributed by atoms with van der Waals surface area (Å²) >= 11 is 0. The lowest BCUT2D eigenvalue weighted by Gasteiger charge is -2.27. The third-order valence-electron chi connectivity index (χ3n) is 5.68. The van der Waals surface area contributed by atoms with E-state index in [1.54, 1.807) is 0 Å². The van der Waals surface area contributed by atoms with Crippen molar-refractivity contribution >= 4 is 5.91 Å². The molecule has 1 aromatic rings. The molecule has 2 fully saturated rings. The monoisotopic (exact) mass is 325 g/mol. The fraction of sp³-hybridized carbons (Fsp3) is 0.600. The molecule has 4 heteroatoms. The van der Waals surface area contributed by atoms with Crippen LogP contribution in [-0.2, 0) is 4.79 Å². The van der Waals surface area contributed by atoms with E-state index in [1.807, 2.05) is 0 Å². The number of likely N-dealkylation sites (tertiary alicyclic amines) is 1. The van der Waals surface area contributed by atoms with E-state index in [-0.39, 0.29) is 5.91 Å². The molecule has 1 saturated carbocycles. The number of nitriles is 1. The second-order valence-electron chi connectivity index (χ2n) is 7.42. The maximum Gasteiger partial charge on any atom is 0.235 e. The lowest BCUT2D eigenvalue weighted by atomic mass is 9.99. The Balaban J connectivity index is 1.66. The first-order valence-corrected chi connectivity index (χ1v) is 9.06. The van der Waals surface area contributed by atoms with Crippen LogP contribution >= 0.6 is 0 Å². The lowest BCUT2D eigenvalue weighted by molar-refractivity contribution is -0.123. The number of amides is 1. The van der Waals surface area contributed by atoms with Gasteiger partial charge < -0.3 is 5.32 Å². The van der Waals surface area contributed by atoms with Gasteiger partial charge in [0, 0.05) is 6.04 Å². The zero-order valence-electron chi connectivity index (χ0n) is 14.8. The quantitative estimate of drug-likeness (QED) is 0.923. The maximum absolute atomic E-state index is 12.5. The fourth-order valence-corrected chi connectivity index (χ4v) is 4.10. The average molecular weight is 325 g/mol. The summed E-state index contributed by atoms with van der Waals surface area (Å²) in [6.45, 7) is 5.61. The number of nitrogens with one attached hydrogen (secondary N) is 1. The molecule has 1 saturated heterocycles. The largest absolute Gasteiger partial charge is 0.337 e. The van der Waals surface area contributed by atoms with Crippen molar-refractivity contribution in [2.45, 2.75) is 64.0 Å². The SMILES string of the molecule is Cc1ccc(C2CCCN2CC(=O)NC2(C#N)CCCC2)cc1C. The van der Waals surface area contributed by atoms with E-state index >= 15 is 0 Å². The molecule has 1 N–H and O–H groups in total. The molecule has 1 aliphatic heterocycles. The zero-order chi connectivity index (χ0) is 17.2. The number of hydrogen-bond acceptors (Lipinski definition) is 3. The van der Waals surface area contributed by atoms with Gasteiger partial charge in [-0.2, -0.15) is 5.26 Å². The number of aryl methyl sites for hydroxylation is 2. The van der Waals surface area contributed by atoms with Crippen molar-refractivity contribution in [2.75, 3.05) is 13.1 Å². The number of benzene rings is 1. The van der Waals surface area contributed by atoms with Crippen molar-refractivity contribution in [3.8, 4) is 6.07 Å². The van der Waals surface area contributed by atoms with Crippen LogP contribution in [0.5, 0.6) is 0 Å². The predicted octanol–water partition coefficient (Wildman–Crippen LogP) is 3.39. The summed E-state index contributed by atoms with van der Waals surface area (Å²) in [6.07, 6.45) is 5.85. The molecule has 2 aliphatic rings. The Bertz CT molecular complexity index is 655. The van der Waals surface area contributed by atoms with Crippen molar-refractivity contribution in [1.82, 2.24) is 10.2 Å². The first-order valence-electron chi connectivity index (χ1n) is 9.06. The van der Waals surface area contributed by atoms with E-state index in [4.69, 9.17) is 0 Å². The van der Waals surface area contributed by atoms with E-state index in [9.17, 15) is 10.1 Å². The second kappa shape index (κ2) is 6.94. The van der Waals surface area contributed by atoms with Crippen LogP contribution in [0.2, 0.25) is 0 Å². The van der Waals surface area contributed by atoms with Gasteiger partial charge in [-0.15, -0.1) is 0 Å². The predicted molar refractivity (Wildman–Crippen MR) is 94.4 cm³/mol. The Kier molecular flexibility index (Phi) is 4.91. The molecule has 0 radical (unpaired) electrons. The van der Waals surface area contributed by atoms with Crippen LogP contribution < -0.4 is 5.32 Å². The van der Waals surface area contributed by atoms with Gasteiger partial charge in [0.25, 0.3) is 0 Å². The van der Waals surface area contributed by atoms with E-state index < -0.39 is 5.54 Å². The summed E-state index contributed by atoms with van der Waals surface area (Å²) in [5.41, 5.74) is 3.29. The van der Waals surface area contributed by atoms with Gasteiger partial charge in [-0.1, -0.05) is 18.2 Å². The van der Waals surface area contributed by atoms with E-state index in [0.29, 0.717) is 12.6 Å². The van der Waals surface area contributed by atoms with Crippen LogP contribution in [0.25, 0.3) is 0 Å². The molecule has 0 aromatic heterocycles. The summed E-state index contributed by atoms with van der Waals surface area (Å²) in [4.78, 5) is 14.8. The van der Waals surface area contributed by atoms with Gasteiger partial charge in [-0.25, -0.2) is 0 Å². The van der Waals surface area contributed by atoms with E-state index in [1.165, 1.54) is 16.7 Å². The molecule has 128 valence electrons. The molecule has 1 aromatic carbocycles. The summed E-state index contributed by atoms with van der Waals surface area (Å²) in [5.74, 6) is -0.00539. The van der Waals surface area contributed by atoms with Gasteiger partial charge in [-0.3, -0.25) is 9.69 Å². The Morgan fingerprint density at radius 2 is 2.04 bits per heavy atom. The molecule has 24 heavy (non-hydrogen) atoms. The average Bonchev–Trinajstić information content (AvgIpc) is 3.20. The van der Waals surface area contributed by atoms with Crippen molar-refractivity contribution in [2.24, 2.45) is 0 Å². The molecular formula is C20H27N3O. The molecule has 1 amide bonds. The van der Waals surface area contributed by atoms with Crippen molar-refractivity contribution < 1.29 is 4.79 Å². The summed E-state index contributed by atoms with van der Waals surface area (Å²) in [5, 5.41) is 12.5. The van der Waals surface area contributed by atoms with E-state index in [0.717, 1.165) is 45.1 Å². The normalized spacial score (nSPS) is 23.1. The Labute approximate surface area is 144 Å². The van der Waals surface area contributed by atoms with Crippen LogP contribution in [0.4, 0.5) is 0 Å². The number of nitrogens with zero attached hydrogens (tertiary/aromatic N) is 2. The van der Waals surface area contributed by atoms with Crippen LogP contribution in [0.1, 0.15) is 61.3 Å². The molecule has 3 rings (SSSR count). The summed E-state index contributed by atoms with van der Waals surface area (Å²) in [6, 6.07) is 9.27. The number of hydrogen-bond donors (Lipinski definition) is 1. The molecule has 1 heterocycles. The van der Waals surface area contributed by atoms with Gasteiger partial charge in [0.05, 0.1) is 12.6 Å².